The second-order valence-electron chi connectivity index (χ2n) is 3.17. The number of rotatable bonds is 3. The first-order valence-corrected chi connectivity index (χ1v) is 5.84. The lowest BCUT2D eigenvalue weighted by atomic mass is 10.3. The Labute approximate surface area is 115 Å². The third-order valence-electron chi connectivity index (χ3n) is 2.01. The van der Waals surface area contributed by atoms with Gasteiger partial charge >= 0.3 is 0 Å². The molecule has 0 radical (unpaired) electrons. The summed E-state index contributed by atoms with van der Waals surface area (Å²) in [5, 5.41) is 24.5. The van der Waals surface area contributed by atoms with Gasteiger partial charge in [-0.05, 0) is 46.0 Å². The number of allylic oxidation sites excluding steroid dienone is 1. The van der Waals surface area contributed by atoms with Crippen molar-refractivity contribution in [1.82, 2.24) is 20.6 Å². The van der Waals surface area contributed by atoms with Gasteiger partial charge in [0.05, 0.1) is 5.69 Å². The lowest BCUT2D eigenvalue weighted by Gasteiger charge is -2.03. The zero-order chi connectivity index (χ0) is 13.0. The molecule has 1 aromatic heterocycles. The first-order valence-electron chi connectivity index (χ1n) is 4.76. The molecular weight excluding hydrogens is 350 g/mol. The third-order valence-corrected chi connectivity index (χ3v) is 2.68. The molecule has 0 saturated carbocycles. The largest absolute Gasteiger partial charge is 0.358 e. The Bertz CT molecular complexity index is 616. The Morgan fingerprint density at radius 2 is 2.39 bits per heavy atom. The van der Waals surface area contributed by atoms with E-state index in [9.17, 15) is 4.39 Å². The predicted molar refractivity (Wildman–Crippen MR) is 70.5 cm³/mol. The summed E-state index contributed by atoms with van der Waals surface area (Å²) in [4.78, 5) is 0. The van der Waals surface area contributed by atoms with E-state index >= 15 is 0 Å². The average molecular weight is 356 g/mol. The van der Waals surface area contributed by atoms with Crippen molar-refractivity contribution in [2.75, 3.05) is 5.32 Å². The third kappa shape index (κ3) is 2.80. The van der Waals surface area contributed by atoms with Gasteiger partial charge in [-0.15, -0.1) is 10.2 Å². The Balaban J connectivity index is 2.22. The van der Waals surface area contributed by atoms with Crippen LogP contribution in [-0.4, -0.2) is 20.6 Å². The standard InChI is InChI=1S/C10H6FIN6/c11-8-3-7(12)1-2-9(8)14-5-6(4-13)10-15-17-18-16-10/h1-3,5,14H,(H,15,16,17,18). The number of aromatic amines is 1. The topological polar surface area (TPSA) is 90.3 Å². The zero-order valence-electron chi connectivity index (χ0n) is 8.85. The van der Waals surface area contributed by atoms with Crippen LogP contribution in [0.1, 0.15) is 5.82 Å². The van der Waals surface area contributed by atoms with Crippen LogP contribution in [0.15, 0.2) is 24.4 Å². The van der Waals surface area contributed by atoms with Gasteiger partial charge in [-0.2, -0.15) is 10.5 Å². The maximum atomic E-state index is 13.5. The number of benzene rings is 1. The number of tetrazole rings is 1. The summed E-state index contributed by atoms with van der Waals surface area (Å²) in [5.41, 5.74) is 0.424. The van der Waals surface area contributed by atoms with E-state index in [1.54, 1.807) is 12.1 Å². The minimum absolute atomic E-state index is 0.149. The highest BCUT2D eigenvalue weighted by Gasteiger charge is 2.06. The Kier molecular flexibility index (Phi) is 3.83. The molecule has 0 unspecified atom stereocenters. The molecule has 0 bridgehead atoms. The van der Waals surface area contributed by atoms with E-state index in [0.717, 1.165) is 3.57 Å². The molecule has 0 amide bonds. The van der Waals surface area contributed by atoms with Crippen molar-refractivity contribution < 1.29 is 4.39 Å². The van der Waals surface area contributed by atoms with Crippen molar-refractivity contribution in [3.63, 3.8) is 0 Å². The van der Waals surface area contributed by atoms with E-state index in [0.29, 0.717) is 0 Å². The number of anilines is 1. The number of H-pyrrole nitrogens is 1. The number of halogens is 2. The van der Waals surface area contributed by atoms with Gasteiger partial charge < -0.3 is 5.32 Å². The second-order valence-corrected chi connectivity index (χ2v) is 4.42. The van der Waals surface area contributed by atoms with E-state index in [2.05, 4.69) is 25.9 Å². The molecule has 2 N–H and O–H groups in total. The van der Waals surface area contributed by atoms with E-state index in [1.807, 2.05) is 28.7 Å². The van der Waals surface area contributed by atoms with Crippen molar-refractivity contribution in [3.05, 3.63) is 39.6 Å². The summed E-state index contributed by atoms with van der Waals surface area (Å²) in [6, 6.07) is 6.61. The second kappa shape index (κ2) is 5.54. The Morgan fingerprint density at radius 1 is 1.56 bits per heavy atom. The first kappa shape index (κ1) is 12.4. The van der Waals surface area contributed by atoms with Crippen molar-refractivity contribution >= 4 is 33.9 Å². The maximum Gasteiger partial charge on any atom is 0.216 e. The zero-order valence-corrected chi connectivity index (χ0v) is 11.0. The number of aromatic nitrogens is 4. The van der Waals surface area contributed by atoms with Gasteiger partial charge in [0.25, 0.3) is 0 Å². The van der Waals surface area contributed by atoms with Crippen LogP contribution in [0.25, 0.3) is 5.57 Å². The summed E-state index contributed by atoms with van der Waals surface area (Å²) >= 11 is 2.01. The number of nitrogens with zero attached hydrogens (tertiary/aromatic N) is 4. The molecule has 6 nitrogen and oxygen atoms in total. The van der Waals surface area contributed by atoms with Crippen LogP contribution in [0.4, 0.5) is 10.1 Å². The molecule has 90 valence electrons. The van der Waals surface area contributed by atoms with Crippen molar-refractivity contribution in [2.45, 2.75) is 0 Å². The van der Waals surface area contributed by atoms with Crippen molar-refractivity contribution in [1.29, 1.82) is 5.26 Å². The van der Waals surface area contributed by atoms with E-state index in [4.69, 9.17) is 5.26 Å². The molecule has 0 fully saturated rings. The van der Waals surface area contributed by atoms with Gasteiger partial charge in [-0.25, -0.2) is 4.39 Å². The molecule has 8 heteroatoms. The summed E-state index contributed by atoms with van der Waals surface area (Å²) in [5.74, 6) is -0.250. The quantitative estimate of drug-likeness (QED) is 0.648. The summed E-state index contributed by atoms with van der Waals surface area (Å²) in [6.07, 6.45) is 1.33. The maximum absolute atomic E-state index is 13.5. The van der Waals surface area contributed by atoms with Gasteiger partial charge in [0.1, 0.15) is 17.5 Å². The molecule has 1 aromatic carbocycles. The molecule has 0 atom stereocenters. The molecule has 18 heavy (non-hydrogen) atoms. The number of hydrogen-bond donors (Lipinski definition) is 2. The molecule has 2 rings (SSSR count). The van der Waals surface area contributed by atoms with Crippen LogP contribution < -0.4 is 5.32 Å². The summed E-state index contributed by atoms with van der Waals surface area (Å²) in [6.45, 7) is 0. The summed E-state index contributed by atoms with van der Waals surface area (Å²) < 4.78 is 14.3. The van der Waals surface area contributed by atoms with Crippen LogP contribution in [0.5, 0.6) is 0 Å². The van der Waals surface area contributed by atoms with Gasteiger partial charge in [-0.3, -0.25) is 0 Å². The fourth-order valence-electron chi connectivity index (χ4n) is 1.18. The van der Waals surface area contributed by atoms with Gasteiger partial charge in [0.2, 0.25) is 5.82 Å². The number of nitrogens with one attached hydrogen (secondary N) is 2. The fourth-order valence-corrected chi connectivity index (χ4v) is 1.63. The molecule has 0 saturated heterocycles. The highest BCUT2D eigenvalue weighted by molar-refractivity contribution is 14.1. The minimum Gasteiger partial charge on any atom is -0.358 e. The SMILES string of the molecule is N#CC(=CNc1ccc(I)cc1F)c1nn[nH]n1. The molecule has 0 aliphatic rings. The molecule has 0 aliphatic heterocycles. The van der Waals surface area contributed by atoms with Gasteiger partial charge in [-0.1, -0.05) is 0 Å². The predicted octanol–water partition coefficient (Wildman–Crippen LogP) is 1.92. The van der Waals surface area contributed by atoms with E-state index < -0.39 is 5.82 Å². The van der Waals surface area contributed by atoms with E-state index in [1.165, 1.54) is 12.3 Å². The van der Waals surface area contributed by atoms with Crippen LogP contribution in [0.3, 0.4) is 0 Å². The Morgan fingerprint density at radius 3 is 3.00 bits per heavy atom. The van der Waals surface area contributed by atoms with Gasteiger partial charge in [0, 0.05) is 9.77 Å². The summed E-state index contributed by atoms with van der Waals surface area (Å²) in [7, 11) is 0. The van der Waals surface area contributed by atoms with Crippen LogP contribution in [0.2, 0.25) is 0 Å². The average Bonchev–Trinajstić information content (AvgIpc) is 2.86. The minimum atomic E-state index is -0.399. The van der Waals surface area contributed by atoms with Crippen LogP contribution >= 0.6 is 22.6 Å². The molecular formula is C10H6FIN6. The first-order chi connectivity index (χ1) is 8.70. The Hall–Kier alpha value is -2.02. The lowest BCUT2D eigenvalue weighted by Crippen LogP contribution is -1.95. The monoisotopic (exact) mass is 356 g/mol. The fraction of sp³-hybridized carbons (Fsp3) is 0. The van der Waals surface area contributed by atoms with Crippen LogP contribution in [-0.2, 0) is 0 Å². The van der Waals surface area contributed by atoms with Crippen LogP contribution in [0, 0.1) is 20.7 Å². The molecule has 0 aliphatic carbocycles. The highest BCUT2D eigenvalue weighted by Crippen LogP contribution is 2.18. The molecule has 0 spiro atoms. The van der Waals surface area contributed by atoms with Crippen molar-refractivity contribution in [2.24, 2.45) is 0 Å². The highest BCUT2D eigenvalue weighted by atomic mass is 127. The normalized spacial score (nSPS) is 11.1. The van der Waals surface area contributed by atoms with Crippen molar-refractivity contribution in [3.8, 4) is 6.07 Å². The molecule has 1 heterocycles. The molecule has 2 aromatic rings. The lowest BCUT2D eigenvalue weighted by molar-refractivity contribution is 0.631. The number of hydrogen-bond acceptors (Lipinski definition) is 5. The van der Waals surface area contributed by atoms with Gasteiger partial charge in [0.15, 0.2) is 0 Å². The van der Waals surface area contributed by atoms with E-state index in [-0.39, 0.29) is 17.1 Å². The smallest absolute Gasteiger partial charge is 0.216 e. The number of nitriles is 1.